The maximum absolute atomic E-state index is 12.4. The summed E-state index contributed by atoms with van der Waals surface area (Å²) in [6.45, 7) is 4.73. The second kappa shape index (κ2) is 9.65. The molecule has 1 N–H and O–H groups in total. The van der Waals surface area contributed by atoms with Crippen LogP contribution in [-0.2, 0) is 17.8 Å². The second-order valence-corrected chi connectivity index (χ2v) is 6.94. The number of carbonyl (C=O) groups excluding carboxylic acids is 1. The molecule has 0 bridgehead atoms. The van der Waals surface area contributed by atoms with Gasteiger partial charge in [0.05, 0.1) is 0 Å². The van der Waals surface area contributed by atoms with E-state index in [1.54, 1.807) is 30.7 Å². The Kier molecular flexibility index (Phi) is 6.73. The van der Waals surface area contributed by atoms with E-state index >= 15 is 0 Å². The lowest BCUT2D eigenvalue weighted by atomic mass is 10.0. The average Bonchev–Trinajstić information content (AvgIpc) is 2.72. The number of amides is 1. The topological polar surface area (TPSA) is 64.1 Å². The number of pyridine rings is 2. The Hall–Kier alpha value is -3.21. The Morgan fingerprint density at radius 2 is 1.75 bits per heavy atom. The van der Waals surface area contributed by atoms with Crippen LogP contribution in [0.1, 0.15) is 42.9 Å². The van der Waals surface area contributed by atoms with Crippen molar-refractivity contribution in [2.75, 3.05) is 5.32 Å². The van der Waals surface area contributed by atoms with E-state index in [1.807, 2.05) is 12.1 Å². The average molecular weight is 375 g/mol. The van der Waals surface area contributed by atoms with Crippen LogP contribution in [0.4, 0.5) is 5.82 Å². The van der Waals surface area contributed by atoms with Crippen molar-refractivity contribution in [3.05, 3.63) is 83.8 Å². The normalized spacial score (nSPS) is 10.7. The van der Waals surface area contributed by atoms with Crippen molar-refractivity contribution in [2.45, 2.75) is 39.2 Å². The first-order valence-electron chi connectivity index (χ1n) is 9.47. The minimum absolute atomic E-state index is 0.0830. The van der Waals surface area contributed by atoms with Crippen molar-refractivity contribution in [1.29, 1.82) is 0 Å². The fourth-order valence-electron chi connectivity index (χ4n) is 2.76. The van der Waals surface area contributed by atoms with E-state index in [0.717, 1.165) is 11.1 Å². The molecule has 3 aromatic rings. The van der Waals surface area contributed by atoms with E-state index in [-0.39, 0.29) is 5.91 Å². The van der Waals surface area contributed by atoms with E-state index in [4.69, 9.17) is 4.74 Å². The molecule has 0 radical (unpaired) electrons. The molecule has 0 fully saturated rings. The van der Waals surface area contributed by atoms with Gasteiger partial charge in [-0.25, -0.2) is 4.98 Å². The minimum atomic E-state index is -0.0830. The zero-order valence-corrected chi connectivity index (χ0v) is 16.3. The fourth-order valence-corrected chi connectivity index (χ4v) is 2.76. The first kappa shape index (κ1) is 19.5. The predicted molar refractivity (Wildman–Crippen MR) is 110 cm³/mol. The van der Waals surface area contributed by atoms with Crippen molar-refractivity contribution in [2.24, 2.45) is 0 Å². The Labute approximate surface area is 165 Å². The Balaban J connectivity index is 1.55. The van der Waals surface area contributed by atoms with Gasteiger partial charge in [0.15, 0.2) is 11.6 Å². The number of ether oxygens (including phenoxy) is 1. The maximum Gasteiger partial charge on any atom is 0.225 e. The highest BCUT2D eigenvalue weighted by Crippen LogP contribution is 2.22. The van der Waals surface area contributed by atoms with Gasteiger partial charge < -0.3 is 10.1 Å². The summed E-state index contributed by atoms with van der Waals surface area (Å²) in [6, 6.07) is 15.8. The van der Waals surface area contributed by atoms with Crippen LogP contribution in [-0.4, -0.2) is 15.9 Å². The molecule has 0 saturated carbocycles. The number of hydrogen-bond acceptors (Lipinski definition) is 4. The van der Waals surface area contributed by atoms with Crippen molar-refractivity contribution in [1.82, 2.24) is 9.97 Å². The maximum atomic E-state index is 12.4. The SMILES string of the molecule is CC(C)c1ccc(CCC(=O)Nc2ncccc2OCc2ccncc2)cc1. The van der Waals surface area contributed by atoms with Gasteiger partial charge in [-0.05, 0) is 53.3 Å². The molecule has 0 saturated heterocycles. The highest BCUT2D eigenvalue weighted by Gasteiger charge is 2.10. The molecule has 0 spiro atoms. The smallest absolute Gasteiger partial charge is 0.225 e. The molecule has 0 aliphatic carbocycles. The van der Waals surface area contributed by atoms with Gasteiger partial charge in [0, 0.05) is 25.0 Å². The monoisotopic (exact) mass is 375 g/mol. The van der Waals surface area contributed by atoms with Gasteiger partial charge in [-0.3, -0.25) is 9.78 Å². The van der Waals surface area contributed by atoms with E-state index in [2.05, 4.69) is 53.4 Å². The number of nitrogens with one attached hydrogen (secondary N) is 1. The molecule has 28 heavy (non-hydrogen) atoms. The van der Waals surface area contributed by atoms with Crippen molar-refractivity contribution in [3.8, 4) is 5.75 Å². The van der Waals surface area contributed by atoms with Crippen molar-refractivity contribution < 1.29 is 9.53 Å². The molecule has 5 heteroatoms. The van der Waals surface area contributed by atoms with Crippen LogP contribution in [0.25, 0.3) is 0 Å². The summed E-state index contributed by atoms with van der Waals surface area (Å²) in [7, 11) is 0. The van der Waals surface area contributed by atoms with Crippen LogP contribution in [0.2, 0.25) is 0 Å². The highest BCUT2D eigenvalue weighted by atomic mass is 16.5. The molecule has 1 amide bonds. The number of hydrogen-bond donors (Lipinski definition) is 1. The summed E-state index contributed by atoms with van der Waals surface area (Å²) in [5.41, 5.74) is 3.45. The number of aromatic nitrogens is 2. The summed E-state index contributed by atoms with van der Waals surface area (Å²) in [4.78, 5) is 20.6. The lowest BCUT2D eigenvalue weighted by Crippen LogP contribution is -2.14. The van der Waals surface area contributed by atoms with Gasteiger partial charge in [-0.1, -0.05) is 38.1 Å². The third kappa shape index (κ3) is 5.64. The Bertz CT molecular complexity index is 893. The van der Waals surface area contributed by atoms with Crippen LogP contribution < -0.4 is 10.1 Å². The Morgan fingerprint density at radius 1 is 1.00 bits per heavy atom. The zero-order valence-electron chi connectivity index (χ0n) is 16.3. The highest BCUT2D eigenvalue weighted by molar-refractivity contribution is 5.91. The molecule has 3 rings (SSSR count). The molecule has 144 valence electrons. The molecule has 2 heterocycles. The number of aryl methyl sites for hydroxylation is 1. The summed E-state index contributed by atoms with van der Waals surface area (Å²) < 4.78 is 5.82. The molecule has 5 nitrogen and oxygen atoms in total. The molecule has 0 aliphatic rings. The van der Waals surface area contributed by atoms with Gasteiger partial charge >= 0.3 is 0 Å². The third-order valence-electron chi connectivity index (χ3n) is 4.46. The molecule has 0 aliphatic heterocycles. The standard InChI is InChI=1S/C23H25N3O2/c1-17(2)20-8-5-18(6-9-20)7-10-22(27)26-23-21(4-3-13-25-23)28-16-19-11-14-24-15-12-19/h3-6,8-9,11-15,17H,7,10,16H2,1-2H3,(H,25,26,27). The lowest BCUT2D eigenvalue weighted by Gasteiger charge is -2.11. The fraction of sp³-hybridized carbons (Fsp3) is 0.261. The summed E-state index contributed by atoms with van der Waals surface area (Å²) in [6.07, 6.45) is 6.15. The van der Waals surface area contributed by atoms with Crippen LogP contribution >= 0.6 is 0 Å². The number of nitrogens with zero attached hydrogens (tertiary/aromatic N) is 2. The molecule has 0 atom stereocenters. The molecular weight excluding hydrogens is 350 g/mol. The number of anilines is 1. The van der Waals surface area contributed by atoms with Crippen LogP contribution in [0.5, 0.6) is 5.75 Å². The third-order valence-corrected chi connectivity index (χ3v) is 4.46. The summed E-state index contributed by atoms with van der Waals surface area (Å²) >= 11 is 0. The van der Waals surface area contributed by atoms with Gasteiger partial charge in [0.25, 0.3) is 0 Å². The quantitative estimate of drug-likeness (QED) is 0.617. The first-order valence-corrected chi connectivity index (χ1v) is 9.47. The molecule has 1 aromatic carbocycles. The largest absolute Gasteiger partial charge is 0.485 e. The number of benzene rings is 1. The van der Waals surface area contributed by atoms with Gasteiger partial charge in [0.1, 0.15) is 6.61 Å². The summed E-state index contributed by atoms with van der Waals surface area (Å²) in [5, 5.41) is 2.86. The summed E-state index contributed by atoms with van der Waals surface area (Å²) in [5.74, 6) is 1.41. The van der Waals surface area contributed by atoms with Gasteiger partial charge in [-0.2, -0.15) is 0 Å². The van der Waals surface area contributed by atoms with E-state index < -0.39 is 0 Å². The molecule has 2 aromatic heterocycles. The van der Waals surface area contributed by atoms with E-state index in [0.29, 0.717) is 36.9 Å². The van der Waals surface area contributed by atoms with Crippen LogP contribution in [0, 0.1) is 0 Å². The molecule has 0 unspecified atom stereocenters. The van der Waals surface area contributed by atoms with Gasteiger partial charge in [-0.15, -0.1) is 0 Å². The van der Waals surface area contributed by atoms with E-state index in [9.17, 15) is 4.79 Å². The van der Waals surface area contributed by atoms with E-state index in [1.165, 1.54) is 5.56 Å². The van der Waals surface area contributed by atoms with Gasteiger partial charge in [0.2, 0.25) is 5.91 Å². The van der Waals surface area contributed by atoms with Crippen molar-refractivity contribution >= 4 is 11.7 Å². The Morgan fingerprint density at radius 3 is 2.46 bits per heavy atom. The zero-order chi connectivity index (χ0) is 19.8. The lowest BCUT2D eigenvalue weighted by molar-refractivity contribution is -0.116. The van der Waals surface area contributed by atoms with Crippen molar-refractivity contribution in [3.63, 3.8) is 0 Å². The first-order chi connectivity index (χ1) is 13.6. The number of rotatable bonds is 8. The predicted octanol–water partition coefficient (Wildman–Crippen LogP) is 4.75. The number of carbonyl (C=O) groups is 1. The second-order valence-electron chi connectivity index (χ2n) is 6.94. The molecular formula is C23H25N3O2. The minimum Gasteiger partial charge on any atom is -0.485 e. The van der Waals surface area contributed by atoms with Crippen LogP contribution in [0.15, 0.2) is 67.1 Å². The van der Waals surface area contributed by atoms with Crippen LogP contribution in [0.3, 0.4) is 0 Å².